The molecule has 1 amide bonds. The molecule has 0 aromatic heterocycles. The molecule has 6 nitrogen and oxygen atoms in total. The third-order valence-electron chi connectivity index (χ3n) is 4.31. The number of amides is 1. The molecule has 1 fully saturated rings. The van der Waals surface area contributed by atoms with Gasteiger partial charge in [-0.1, -0.05) is 18.2 Å². The lowest BCUT2D eigenvalue weighted by Gasteiger charge is -2.35. The number of piperazine rings is 1. The van der Waals surface area contributed by atoms with Gasteiger partial charge in [0.25, 0.3) is 0 Å². The summed E-state index contributed by atoms with van der Waals surface area (Å²) in [5, 5.41) is 0. The van der Waals surface area contributed by atoms with E-state index in [1.165, 1.54) is 5.56 Å². The number of benzene rings is 1. The normalized spacial score (nSPS) is 17.1. The standard InChI is InChI=1S/C17H27N3O3/c1-22-15(12-18)11-17(21)20-9-7-19(8-10-20)13-14-5-3-4-6-16(14)23-2/h3-6,15H,7-13,18H2,1-2H3. The van der Waals surface area contributed by atoms with Gasteiger partial charge in [0, 0.05) is 51.9 Å². The SMILES string of the molecule is COc1ccccc1CN1CCN(C(=O)CC(CN)OC)CC1. The molecule has 1 aliphatic heterocycles. The van der Waals surface area contributed by atoms with Crippen LogP contribution in [0.3, 0.4) is 0 Å². The summed E-state index contributed by atoms with van der Waals surface area (Å²) in [5.41, 5.74) is 6.76. The number of carbonyl (C=O) groups excluding carboxylic acids is 1. The maximum absolute atomic E-state index is 12.2. The summed E-state index contributed by atoms with van der Waals surface area (Å²) >= 11 is 0. The highest BCUT2D eigenvalue weighted by atomic mass is 16.5. The Bertz CT molecular complexity index is 498. The maximum atomic E-state index is 12.2. The van der Waals surface area contributed by atoms with Crippen LogP contribution in [0.4, 0.5) is 0 Å². The first-order chi connectivity index (χ1) is 11.2. The number of nitrogens with two attached hydrogens (primary N) is 1. The molecule has 0 radical (unpaired) electrons. The van der Waals surface area contributed by atoms with Crippen LogP contribution in [0.2, 0.25) is 0 Å². The van der Waals surface area contributed by atoms with Crippen LogP contribution in [-0.4, -0.2) is 68.8 Å². The minimum absolute atomic E-state index is 0.124. The molecule has 23 heavy (non-hydrogen) atoms. The first-order valence-electron chi connectivity index (χ1n) is 8.02. The monoisotopic (exact) mass is 321 g/mol. The molecule has 2 N–H and O–H groups in total. The number of ether oxygens (including phenoxy) is 2. The van der Waals surface area contributed by atoms with Crippen molar-refractivity contribution >= 4 is 5.91 Å². The smallest absolute Gasteiger partial charge is 0.225 e. The fraction of sp³-hybridized carbons (Fsp3) is 0.588. The molecule has 128 valence electrons. The number of nitrogens with zero attached hydrogens (tertiary/aromatic N) is 2. The molecule has 1 aliphatic rings. The van der Waals surface area contributed by atoms with Crippen molar-refractivity contribution in [3.63, 3.8) is 0 Å². The summed E-state index contributed by atoms with van der Waals surface area (Å²) in [6.45, 7) is 4.43. The lowest BCUT2D eigenvalue weighted by molar-refractivity contribution is -0.135. The van der Waals surface area contributed by atoms with Crippen LogP contribution in [-0.2, 0) is 16.1 Å². The lowest BCUT2D eigenvalue weighted by atomic mass is 10.1. The van der Waals surface area contributed by atoms with Crippen molar-refractivity contribution in [1.29, 1.82) is 0 Å². The van der Waals surface area contributed by atoms with E-state index in [0.717, 1.165) is 38.5 Å². The van der Waals surface area contributed by atoms with E-state index < -0.39 is 0 Å². The van der Waals surface area contributed by atoms with Crippen molar-refractivity contribution < 1.29 is 14.3 Å². The molecular weight excluding hydrogens is 294 g/mol. The quantitative estimate of drug-likeness (QED) is 0.801. The van der Waals surface area contributed by atoms with Crippen LogP contribution in [0.15, 0.2) is 24.3 Å². The Labute approximate surface area is 138 Å². The second kappa shape index (κ2) is 8.86. The fourth-order valence-corrected chi connectivity index (χ4v) is 2.82. The zero-order valence-corrected chi connectivity index (χ0v) is 14.0. The first kappa shape index (κ1) is 17.7. The highest BCUT2D eigenvalue weighted by molar-refractivity contribution is 5.76. The van der Waals surface area contributed by atoms with Gasteiger partial charge in [-0.25, -0.2) is 0 Å². The first-order valence-corrected chi connectivity index (χ1v) is 8.02. The number of rotatable bonds is 7. The molecule has 2 rings (SSSR count). The Hall–Kier alpha value is -1.63. The van der Waals surface area contributed by atoms with Gasteiger partial charge in [-0.05, 0) is 6.07 Å². The molecule has 0 saturated carbocycles. The highest BCUT2D eigenvalue weighted by Gasteiger charge is 2.23. The predicted molar refractivity (Wildman–Crippen MR) is 89.3 cm³/mol. The Morgan fingerprint density at radius 1 is 1.22 bits per heavy atom. The van der Waals surface area contributed by atoms with E-state index in [9.17, 15) is 4.79 Å². The van der Waals surface area contributed by atoms with Gasteiger partial charge in [-0.15, -0.1) is 0 Å². The Kier molecular flexibility index (Phi) is 6.83. The van der Waals surface area contributed by atoms with E-state index in [0.29, 0.717) is 13.0 Å². The predicted octanol–water partition coefficient (Wildman–Crippen LogP) is 0.703. The Morgan fingerprint density at radius 2 is 1.91 bits per heavy atom. The molecule has 0 spiro atoms. The Balaban J connectivity index is 1.83. The molecule has 1 atom stereocenters. The van der Waals surface area contributed by atoms with Crippen LogP contribution in [0.1, 0.15) is 12.0 Å². The van der Waals surface area contributed by atoms with Gasteiger partial charge in [0.2, 0.25) is 5.91 Å². The maximum Gasteiger partial charge on any atom is 0.225 e. The molecule has 0 aliphatic carbocycles. The third kappa shape index (κ3) is 4.92. The number of hydrogen-bond acceptors (Lipinski definition) is 5. The van der Waals surface area contributed by atoms with Gasteiger partial charge in [-0.3, -0.25) is 9.69 Å². The molecule has 1 aromatic rings. The molecule has 1 heterocycles. The summed E-state index contributed by atoms with van der Waals surface area (Å²) in [5.74, 6) is 1.04. The van der Waals surface area contributed by atoms with Gasteiger partial charge >= 0.3 is 0 Å². The van der Waals surface area contributed by atoms with Crippen molar-refractivity contribution in [3.8, 4) is 5.75 Å². The molecule has 1 unspecified atom stereocenters. The summed E-state index contributed by atoms with van der Waals surface area (Å²) in [6.07, 6.45) is 0.175. The lowest BCUT2D eigenvalue weighted by Crippen LogP contribution is -2.49. The van der Waals surface area contributed by atoms with Gasteiger partial charge in [0.05, 0.1) is 19.6 Å². The molecule has 1 saturated heterocycles. The average molecular weight is 321 g/mol. The van der Waals surface area contributed by atoms with E-state index >= 15 is 0 Å². The van der Waals surface area contributed by atoms with E-state index in [-0.39, 0.29) is 12.0 Å². The van der Waals surface area contributed by atoms with E-state index in [2.05, 4.69) is 11.0 Å². The van der Waals surface area contributed by atoms with Crippen LogP contribution >= 0.6 is 0 Å². The van der Waals surface area contributed by atoms with Gasteiger partial charge in [-0.2, -0.15) is 0 Å². The van der Waals surface area contributed by atoms with Crippen molar-refractivity contribution in [1.82, 2.24) is 9.80 Å². The largest absolute Gasteiger partial charge is 0.496 e. The van der Waals surface area contributed by atoms with Gasteiger partial charge in [0.1, 0.15) is 5.75 Å². The minimum atomic E-state index is -0.186. The second-order valence-corrected chi connectivity index (χ2v) is 5.77. The van der Waals surface area contributed by atoms with Gasteiger partial charge < -0.3 is 20.1 Å². The van der Waals surface area contributed by atoms with Crippen LogP contribution in [0, 0.1) is 0 Å². The topological polar surface area (TPSA) is 68.0 Å². The summed E-state index contributed by atoms with van der Waals surface area (Å²) < 4.78 is 10.6. The number of para-hydroxylation sites is 1. The molecule has 0 bridgehead atoms. The number of hydrogen-bond donors (Lipinski definition) is 1. The van der Waals surface area contributed by atoms with E-state index in [4.69, 9.17) is 15.2 Å². The van der Waals surface area contributed by atoms with Crippen molar-refractivity contribution in [2.24, 2.45) is 5.73 Å². The van der Waals surface area contributed by atoms with Crippen molar-refractivity contribution in [2.75, 3.05) is 46.9 Å². The molecule has 1 aromatic carbocycles. The van der Waals surface area contributed by atoms with Crippen molar-refractivity contribution in [3.05, 3.63) is 29.8 Å². The zero-order valence-electron chi connectivity index (χ0n) is 14.0. The van der Waals surface area contributed by atoms with Gasteiger partial charge in [0.15, 0.2) is 0 Å². The third-order valence-corrected chi connectivity index (χ3v) is 4.31. The van der Waals surface area contributed by atoms with E-state index in [1.807, 2.05) is 23.1 Å². The molecule has 6 heteroatoms. The summed E-state index contributed by atoms with van der Waals surface area (Å²) in [6, 6.07) is 8.06. The zero-order chi connectivity index (χ0) is 16.7. The number of carbonyl (C=O) groups is 1. The van der Waals surface area contributed by atoms with Crippen LogP contribution in [0.5, 0.6) is 5.75 Å². The number of methoxy groups -OCH3 is 2. The minimum Gasteiger partial charge on any atom is -0.496 e. The Morgan fingerprint density at radius 3 is 2.52 bits per heavy atom. The fourth-order valence-electron chi connectivity index (χ4n) is 2.82. The summed E-state index contributed by atoms with van der Waals surface area (Å²) in [4.78, 5) is 16.5. The average Bonchev–Trinajstić information content (AvgIpc) is 2.60. The molecular formula is C17H27N3O3. The second-order valence-electron chi connectivity index (χ2n) is 5.77. The summed E-state index contributed by atoms with van der Waals surface area (Å²) in [7, 11) is 3.29. The van der Waals surface area contributed by atoms with Crippen LogP contribution < -0.4 is 10.5 Å². The highest BCUT2D eigenvalue weighted by Crippen LogP contribution is 2.20. The van der Waals surface area contributed by atoms with E-state index in [1.54, 1.807) is 14.2 Å². The van der Waals surface area contributed by atoms with Crippen molar-refractivity contribution in [2.45, 2.75) is 19.1 Å². The van der Waals surface area contributed by atoms with Crippen LogP contribution in [0.25, 0.3) is 0 Å².